The highest BCUT2D eigenvalue weighted by Gasteiger charge is 2.31. The van der Waals surface area contributed by atoms with Gasteiger partial charge in [-0.15, -0.1) is 13.2 Å². The number of benzene rings is 2. The van der Waals surface area contributed by atoms with E-state index in [1.165, 1.54) is 18.2 Å². The van der Waals surface area contributed by atoms with Crippen LogP contribution in [0.5, 0.6) is 17.2 Å². The fraction of sp³-hybridized carbons (Fsp3) is 0.217. The minimum absolute atomic E-state index is 0.234. The molecule has 0 spiro atoms. The van der Waals surface area contributed by atoms with Crippen molar-refractivity contribution in [3.63, 3.8) is 0 Å². The molecule has 1 saturated heterocycles. The number of aliphatic imine (C=N–C) groups is 1. The highest BCUT2D eigenvalue weighted by atomic mass is 19.4. The molecule has 2 aromatic carbocycles. The van der Waals surface area contributed by atoms with Crippen molar-refractivity contribution in [3.05, 3.63) is 60.2 Å². The van der Waals surface area contributed by atoms with Crippen LogP contribution in [0.4, 0.5) is 24.7 Å². The summed E-state index contributed by atoms with van der Waals surface area (Å²) in [6, 6.07) is 15.0. The Balaban J connectivity index is 1.43. The number of anilines is 1. The molecule has 164 valence electrons. The number of nitrogens with zero attached hydrogens (tertiary/aromatic N) is 3. The number of hydrogen-bond donors (Lipinski definition) is 1. The Morgan fingerprint density at radius 3 is 2.69 bits per heavy atom. The molecule has 3 aromatic rings. The largest absolute Gasteiger partial charge is 0.573 e. The second-order valence-electron chi connectivity index (χ2n) is 7.56. The number of pyridine rings is 1. The van der Waals surface area contributed by atoms with E-state index < -0.39 is 6.36 Å². The Hall–Kier alpha value is -3.59. The third-order valence-electron chi connectivity index (χ3n) is 5.25. The van der Waals surface area contributed by atoms with E-state index in [0.717, 1.165) is 30.0 Å². The summed E-state index contributed by atoms with van der Waals surface area (Å²) in [6.45, 7) is 1.31. The van der Waals surface area contributed by atoms with Gasteiger partial charge in [-0.05, 0) is 48.9 Å². The number of β-amino-alcohol motifs (C(OH)–C–C–N with tert-alkyl or cyclic N) is 1. The minimum atomic E-state index is -4.78. The van der Waals surface area contributed by atoms with Crippen LogP contribution in [0.3, 0.4) is 0 Å². The van der Waals surface area contributed by atoms with Crippen molar-refractivity contribution in [1.29, 1.82) is 0 Å². The van der Waals surface area contributed by atoms with Gasteiger partial charge in [-0.25, -0.2) is 4.98 Å². The lowest BCUT2D eigenvalue weighted by Crippen LogP contribution is -2.22. The molecule has 2 aliphatic rings. The molecule has 0 aliphatic carbocycles. The van der Waals surface area contributed by atoms with Gasteiger partial charge in [-0.3, -0.25) is 4.99 Å². The normalized spacial score (nSPS) is 17.4. The predicted molar refractivity (Wildman–Crippen MR) is 113 cm³/mol. The molecule has 0 radical (unpaired) electrons. The summed E-state index contributed by atoms with van der Waals surface area (Å²) in [6.07, 6.45) is -2.86. The van der Waals surface area contributed by atoms with E-state index in [1.54, 1.807) is 12.3 Å². The molecule has 1 N–H and O–H groups in total. The first-order valence-corrected chi connectivity index (χ1v) is 10.0. The number of ether oxygens (including phenoxy) is 2. The number of halogens is 3. The maximum Gasteiger partial charge on any atom is 0.573 e. The average Bonchev–Trinajstić information content (AvgIpc) is 3.11. The van der Waals surface area contributed by atoms with Crippen molar-refractivity contribution < 1.29 is 27.8 Å². The van der Waals surface area contributed by atoms with Crippen LogP contribution in [-0.4, -0.2) is 41.9 Å². The molecule has 0 saturated carbocycles. The van der Waals surface area contributed by atoms with Gasteiger partial charge in [0.2, 0.25) is 0 Å². The Labute approximate surface area is 181 Å². The molecule has 0 bridgehead atoms. The van der Waals surface area contributed by atoms with Crippen LogP contribution in [0, 0.1) is 0 Å². The molecular formula is C23H18F3N3O3. The Morgan fingerprint density at radius 2 is 1.91 bits per heavy atom. The summed E-state index contributed by atoms with van der Waals surface area (Å²) in [5.74, 6) is 1.29. The van der Waals surface area contributed by atoms with Crippen LogP contribution in [0.1, 0.15) is 12.0 Å². The first-order valence-electron chi connectivity index (χ1n) is 10.0. The smallest absolute Gasteiger partial charge is 0.454 e. The van der Waals surface area contributed by atoms with Gasteiger partial charge in [0.15, 0.2) is 5.75 Å². The Kier molecular flexibility index (Phi) is 4.97. The van der Waals surface area contributed by atoms with Gasteiger partial charge in [-0.1, -0.05) is 6.07 Å². The van der Waals surface area contributed by atoms with E-state index in [4.69, 9.17) is 9.72 Å². The topological polar surface area (TPSA) is 67.2 Å². The average molecular weight is 441 g/mol. The molecular weight excluding hydrogens is 423 g/mol. The second-order valence-corrected chi connectivity index (χ2v) is 7.56. The maximum absolute atomic E-state index is 12.5. The first kappa shape index (κ1) is 20.3. The number of hydrogen-bond acceptors (Lipinski definition) is 6. The fourth-order valence-corrected chi connectivity index (χ4v) is 3.75. The summed E-state index contributed by atoms with van der Waals surface area (Å²) in [7, 11) is 0. The third-order valence-corrected chi connectivity index (χ3v) is 5.25. The van der Waals surface area contributed by atoms with Crippen molar-refractivity contribution in [2.24, 2.45) is 4.99 Å². The van der Waals surface area contributed by atoms with E-state index in [2.05, 4.69) is 9.73 Å². The van der Waals surface area contributed by atoms with Crippen LogP contribution < -0.4 is 14.4 Å². The van der Waals surface area contributed by atoms with Gasteiger partial charge in [0, 0.05) is 36.5 Å². The summed E-state index contributed by atoms with van der Waals surface area (Å²) in [4.78, 5) is 11.1. The van der Waals surface area contributed by atoms with Gasteiger partial charge in [-0.2, -0.15) is 0 Å². The lowest BCUT2D eigenvalue weighted by molar-refractivity contribution is -0.274. The quantitative estimate of drug-likeness (QED) is 0.481. The highest BCUT2D eigenvalue weighted by Crippen LogP contribution is 2.40. The summed E-state index contributed by atoms with van der Waals surface area (Å²) >= 11 is 0. The predicted octanol–water partition coefficient (Wildman–Crippen LogP) is 5.07. The number of fused-ring (bicyclic) bond motifs is 2. The van der Waals surface area contributed by atoms with Gasteiger partial charge < -0.3 is 19.5 Å². The van der Waals surface area contributed by atoms with Crippen LogP contribution in [0.2, 0.25) is 0 Å². The number of aromatic nitrogens is 1. The molecule has 1 aromatic heterocycles. The first-order chi connectivity index (χ1) is 15.3. The van der Waals surface area contributed by atoms with E-state index >= 15 is 0 Å². The lowest BCUT2D eigenvalue weighted by atomic mass is 10.1. The third kappa shape index (κ3) is 4.24. The molecule has 9 heteroatoms. The van der Waals surface area contributed by atoms with Gasteiger partial charge in [0.1, 0.15) is 23.0 Å². The fourth-order valence-electron chi connectivity index (χ4n) is 3.75. The SMILES string of the molecule is O[C@H]1CCN(c2cccc(-c3ccc4c(c3)C=Nc3cc(OC(F)(F)F)ccc3O4)n2)C1. The zero-order valence-corrected chi connectivity index (χ0v) is 16.7. The molecule has 32 heavy (non-hydrogen) atoms. The van der Waals surface area contributed by atoms with E-state index in [1.807, 2.05) is 35.2 Å². The molecule has 6 nitrogen and oxygen atoms in total. The lowest BCUT2D eigenvalue weighted by Gasteiger charge is -2.17. The van der Waals surface area contributed by atoms with Gasteiger partial charge in [0.25, 0.3) is 0 Å². The number of aliphatic hydroxyl groups is 1. The van der Waals surface area contributed by atoms with E-state index in [9.17, 15) is 18.3 Å². The number of rotatable bonds is 3. The van der Waals surface area contributed by atoms with Crippen LogP contribution in [0.25, 0.3) is 11.3 Å². The maximum atomic E-state index is 12.5. The van der Waals surface area contributed by atoms with E-state index in [0.29, 0.717) is 23.6 Å². The monoisotopic (exact) mass is 441 g/mol. The molecule has 2 aliphatic heterocycles. The van der Waals surface area contributed by atoms with E-state index in [-0.39, 0.29) is 17.5 Å². The van der Waals surface area contributed by atoms with Crippen molar-refractivity contribution >= 4 is 17.7 Å². The number of aliphatic hydroxyl groups excluding tert-OH is 1. The zero-order valence-electron chi connectivity index (χ0n) is 16.7. The second kappa shape index (κ2) is 7.83. The van der Waals surface area contributed by atoms with Crippen LogP contribution in [-0.2, 0) is 0 Å². The Bertz CT molecular complexity index is 1200. The Morgan fingerprint density at radius 1 is 1.06 bits per heavy atom. The van der Waals surface area contributed by atoms with Crippen LogP contribution in [0.15, 0.2) is 59.6 Å². The van der Waals surface area contributed by atoms with Gasteiger partial charge in [0.05, 0.1) is 11.8 Å². The summed E-state index contributed by atoms with van der Waals surface area (Å²) in [5.41, 5.74) is 2.49. The molecule has 1 fully saturated rings. The molecule has 0 amide bonds. The summed E-state index contributed by atoms with van der Waals surface area (Å²) < 4.78 is 47.4. The van der Waals surface area contributed by atoms with Crippen molar-refractivity contribution in [2.75, 3.05) is 18.0 Å². The van der Waals surface area contributed by atoms with Crippen LogP contribution >= 0.6 is 0 Å². The van der Waals surface area contributed by atoms with Crippen molar-refractivity contribution in [1.82, 2.24) is 4.98 Å². The molecule has 1 atom stereocenters. The molecule has 5 rings (SSSR count). The minimum Gasteiger partial charge on any atom is -0.454 e. The van der Waals surface area contributed by atoms with Crippen molar-refractivity contribution in [2.45, 2.75) is 18.9 Å². The zero-order chi connectivity index (χ0) is 22.3. The highest BCUT2D eigenvalue weighted by molar-refractivity contribution is 5.89. The summed E-state index contributed by atoms with van der Waals surface area (Å²) in [5, 5.41) is 9.79. The number of alkyl halides is 3. The molecule has 3 heterocycles. The standard InChI is InChI=1S/C23H18F3N3O3/c24-23(25,26)32-17-5-7-21-19(11-17)27-12-15-10-14(4-6-20(15)31-21)18-2-1-3-22(28-18)29-9-8-16(30)13-29/h1-7,10-12,16,30H,8-9,13H2/t16-/m0/s1. The molecule has 0 unspecified atom stereocenters. The van der Waals surface area contributed by atoms with Crippen molar-refractivity contribution in [3.8, 4) is 28.5 Å². The van der Waals surface area contributed by atoms with Gasteiger partial charge >= 0.3 is 6.36 Å².